The first-order valence-corrected chi connectivity index (χ1v) is 5.79. The van der Waals surface area contributed by atoms with Gasteiger partial charge >= 0.3 is 6.01 Å². The quantitative estimate of drug-likeness (QED) is 0.313. The van der Waals surface area contributed by atoms with Gasteiger partial charge in [-0.3, -0.25) is 5.43 Å². The number of ether oxygens (including phenoxy) is 1. The molecule has 0 aromatic carbocycles. The smallest absolute Gasteiger partial charge is 0.323 e. The summed E-state index contributed by atoms with van der Waals surface area (Å²) in [6.07, 6.45) is 5.64. The molecule has 0 aliphatic heterocycles. The number of aromatic nitrogens is 3. The molecule has 1 aromatic heterocycles. The van der Waals surface area contributed by atoms with Crippen LogP contribution >= 0.6 is 0 Å². The summed E-state index contributed by atoms with van der Waals surface area (Å²) in [6, 6.07) is 0.218. The standard InChI is InChI=1S/C11H18N6O/c1-4-7-8-18-11-14-9(16-12)13-10(15-11)17(5-2)6-3/h1H,5-8,12H2,2-3H3,(H,13,14,15,16). The van der Waals surface area contributed by atoms with Crippen LogP contribution in [0.4, 0.5) is 11.9 Å². The molecule has 7 heteroatoms. The highest BCUT2D eigenvalue weighted by atomic mass is 16.5. The van der Waals surface area contributed by atoms with Crippen LogP contribution in [0.1, 0.15) is 20.3 Å². The van der Waals surface area contributed by atoms with Crippen molar-refractivity contribution in [2.24, 2.45) is 5.84 Å². The van der Waals surface area contributed by atoms with Crippen molar-refractivity contribution in [2.45, 2.75) is 20.3 Å². The molecular formula is C11H18N6O. The van der Waals surface area contributed by atoms with Crippen molar-refractivity contribution < 1.29 is 4.74 Å². The van der Waals surface area contributed by atoms with Gasteiger partial charge < -0.3 is 9.64 Å². The Kier molecular flexibility index (Phi) is 5.67. The van der Waals surface area contributed by atoms with Crippen molar-refractivity contribution in [1.29, 1.82) is 0 Å². The van der Waals surface area contributed by atoms with Gasteiger partial charge in [0, 0.05) is 19.5 Å². The molecule has 98 valence electrons. The Morgan fingerprint density at radius 2 is 2.06 bits per heavy atom. The molecule has 3 N–H and O–H groups in total. The maximum atomic E-state index is 5.34. The van der Waals surface area contributed by atoms with Crippen molar-refractivity contribution in [1.82, 2.24) is 15.0 Å². The number of nitrogens with two attached hydrogens (primary N) is 1. The third-order valence-corrected chi connectivity index (χ3v) is 2.26. The zero-order valence-electron chi connectivity index (χ0n) is 10.7. The lowest BCUT2D eigenvalue weighted by Gasteiger charge is -2.19. The van der Waals surface area contributed by atoms with Gasteiger partial charge in [-0.1, -0.05) is 0 Å². The zero-order valence-corrected chi connectivity index (χ0v) is 10.7. The van der Waals surface area contributed by atoms with Crippen LogP contribution in [0.15, 0.2) is 0 Å². The van der Waals surface area contributed by atoms with E-state index >= 15 is 0 Å². The summed E-state index contributed by atoms with van der Waals surface area (Å²) in [6.45, 7) is 5.97. The van der Waals surface area contributed by atoms with E-state index in [1.165, 1.54) is 0 Å². The highest BCUT2D eigenvalue weighted by Crippen LogP contribution is 2.14. The van der Waals surface area contributed by atoms with E-state index in [-0.39, 0.29) is 12.0 Å². The van der Waals surface area contributed by atoms with Crippen LogP contribution in [0.5, 0.6) is 6.01 Å². The van der Waals surface area contributed by atoms with Crippen LogP contribution in [-0.4, -0.2) is 34.6 Å². The Morgan fingerprint density at radius 1 is 1.33 bits per heavy atom. The molecule has 0 aliphatic carbocycles. The Balaban J connectivity index is 2.90. The van der Waals surface area contributed by atoms with Crippen molar-refractivity contribution in [2.75, 3.05) is 30.0 Å². The second-order valence-corrected chi connectivity index (χ2v) is 3.36. The van der Waals surface area contributed by atoms with E-state index in [0.717, 1.165) is 13.1 Å². The fourth-order valence-corrected chi connectivity index (χ4v) is 1.32. The summed E-state index contributed by atoms with van der Waals surface area (Å²) in [5, 5.41) is 0. The zero-order chi connectivity index (χ0) is 13.4. The Hall–Kier alpha value is -2.07. The van der Waals surface area contributed by atoms with E-state index in [4.69, 9.17) is 17.0 Å². The van der Waals surface area contributed by atoms with Crippen LogP contribution in [0.2, 0.25) is 0 Å². The van der Waals surface area contributed by atoms with Gasteiger partial charge in [0.1, 0.15) is 6.61 Å². The van der Waals surface area contributed by atoms with Crippen LogP contribution in [0.3, 0.4) is 0 Å². The number of rotatable bonds is 7. The van der Waals surface area contributed by atoms with E-state index in [9.17, 15) is 0 Å². The minimum atomic E-state index is 0.218. The molecule has 0 saturated carbocycles. The molecule has 0 aliphatic rings. The Morgan fingerprint density at radius 3 is 2.61 bits per heavy atom. The number of nitrogens with one attached hydrogen (secondary N) is 1. The topological polar surface area (TPSA) is 89.2 Å². The molecule has 0 unspecified atom stereocenters. The Labute approximate surface area is 107 Å². The lowest BCUT2D eigenvalue weighted by Crippen LogP contribution is -2.25. The van der Waals surface area contributed by atoms with Crippen molar-refractivity contribution >= 4 is 11.9 Å². The lowest BCUT2D eigenvalue weighted by atomic mass is 10.5. The number of hydrazine groups is 1. The average Bonchev–Trinajstić information content (AvgIpc) is 2.40. The van der Waals surface area contributed by atoms with Gasteiger partial charge in [0.05, 0.1) is 0 Å². The number of nitrogens with zero attached hydrogens (tertiary/aromatic N) is 4. The molecule has 1 rings (SSSR count). The first-order chi connectivity index (χ1) is 8.74. The highest BCUT2D eigenvalue weighted by Gasteiger charge is 2.11. The number of hydrogen-bond acceptors (Lipinski definition) is 7. The third kappa shape index (κ3) is 3.75. The second kappa shape index (κ2) is 7.29. The fourth-order valence-electron chi connectivity index (χ4n) is 1.32. The monoisotopic (exact) mass is 250 g/mol. The largest absolute Gasteiger partial charge is 0.462 e. The van der Waals surface area contributed by atoms with Gasteiger partial charge in [-0.15, -0.1) is 12.3 Å². The predicted molar refractivity (Wildman–Crippen MR) is 70.1 cm³/mol. The van der Waals surface area contributed by atoms with E-state index in [2.05, 4.69) is 26.3 Å². The van der Waals surface area contributed by atoms with Gasteiger partial charge in [0.25, 0.3) is 0 Å². The molecule has 0 amide bonds. The summed E-state index contributed by atoms with van der Waals surface area (Å²) in [4.78, 5) is 14.3. The maximum absolute atomic E-state index is 5.34. The van der Waals surface area contributed by atoms with Gasteiger partial charge in [-0.2, -0.15) is 15.0 Å². The minimum absolute atomic E-state index is 0.218. The molecule has 0 spiro atoms. The maximum Gasteiger partial charge on any atom is 0.323 e. The van der Waals surface area contributed by atoms with Crippen LogP contribution in [-0.2, 0) is 0 Å². The second-order valence-electron chi connectivity index (χ2n) is 3.36. The van der Waals surface area contributed by atoms with Gasteiger partial charge in [-0.25, -0.2) is 5.84 Å². The summed E-state index contributed by atoms with van der Waals surface area (Å²) < 4.78 is 5.34. The lowest BCUT2D eigenvalue weighted by molar-refractivity contribution is 0.300. The molecule has 7 nitrogen and oxygen atoms in total. The molecule has 0 atom stereocenters. The van der Waals surface area contributed by atoms with Crippen molar-refractivity contribution in [3.63, 3.8) is 0 Å². The summed E-state index contributed by atoms with van der Waals surface area (Å²) in [7, 11) is 0. The van der Waals surface area contributed by atoms with E-state index in [0.29, 0.717) is 19.0 Å². The summed E-state index contributed by atoms with van der Waals surface area (Å²) in [5.74, 6) is 8.59. The molecular weight excluding hydrogens is 232 g/mol. The van der Waals surface area contributed by atoms with Crippen molar-refractivity contribution in [3.8, 4) is 18.4 Å². The molecule has 1 heterocycles. The minimum Gasteiger partial charge on any atom is -0.462 e. The Bertz CT molecular complexity index is 412. The highest BCUT2D eigenvalue weighted by molar-refractivity contribution is 5.37. The molecule has 18 heavy (non-hydrogen) atoms. The van der Waals surface area contributed by atoms with Crippen LogP contribution < -0.4 is 20.9 Å². The van der Waals surface area contributed by atoms with Crippen molar-refractivity contribution in [3.05, 3.63) is 0 Å². The SMILES string of the molecule is C#CCCOc1nc(NN)nc(N(CC)CC)n1. The molecule has 1 aromatic rings. The molecule has 0 fully saturated rings. The molecule has 0 radical (unpaired) electrons. The number of hydrogen-bond donors (Lipinski definition) is 2. The first kappa shape index (κ1) is 14.0. The number of terminal acetylenes is 1. The van der Waals surface area contributed by atoms with Gasteiger partial charge in [0.15, 0.2) is 0 Å². The third-order valence-electron chi connectivity index (χ3n) is 2.26. The van der Waals surface area contributed by atoms with Crippen LogP contribution in [0.25, 0.3) is 0 Å². The fraction of sp³-hybridized carbons (Fsp3) is 0.545. The summed E-state index contributed by atoms with van der Waals surface area (Å²) in [5.41, 5.74) is 2.39. The number of anilines is 2. The van der Waals surface area contributed by atoms with Gasteiger partial charge in [-0.05, 0) is 13.8 Å². The van der Waals surface area contributed by atoms with Gasteiger partial charge in [0.2, 0.25) is 11.9 Å². The summed E-state index contributed by atoms with van der Waals surface area (Å²) >= 11 is 0. The number of nitrogen functional groups attached to an aromatic ring is 1. The molecule has 0 saturated heterocycles. The normalized spacial score (nSPS) is 9.67. The van der Waals surface area contributed by atoms with E-state index in [1.807, 2.05) is 18.7 Å². The van der Waals surface area contributed by atoms with Crippen LogP contribution in [0, 0.1) is 12.3 Å². The first-order valence-electron chi connectivity index (χ1n) is 5.79. The van der Waals surface area contributed by atoms with E-state index in [1.54, 1.807) is 0 Å². The average molecular weight is 250 g/mol. The predicted octanol–water partition coefficient (Wildman–Crippen LogP) is 0.405. The molecule has 0 bridgehead atoms. The van der Waals surface area contributed by atoms with E-state index < -0.39 is 0 Å².